The first-order chi connectivity index (χ1) is 15.0. The molecule has 0 unspecified atom stereocenters. The van der Waals surface area contributed by atoms with Crippen molar-refractivity contribution in [1.29, 1.82) is 0 Å². The Kier molecular flexibility index (Phi) is 6.33. The van der Waals surface area contributed by atoms with Gasteiger partial charge in [-0.25, -0.2) is 4.98 Å². The number of hydrogen-bond acceptors (Lipinski definition) is 6. The van der Waals surface area contributed by atoms with E-state index in [2.05, 4.69) is 20.7 Å². The highest BCUT2D eigenvalue weighted by Gasteiger charge is 2.26. The molecule has 2 amide bonds. The first-order valence-corrected chi connectivity index (χ1v) is 11.3. The molecular formula is C22H27N5O3S. The maximum Gasteiger partial charge on any atom is 0.257 e. The molecule has 8 nitrogen and oxygen atoms in total. The molecule has 0 bridgehead atoms. The maximum atomic E-state index is 13.0. The molecule has 3 heterocycles. The molecular weight excluding hydrogens is 414 g/mol. The molecule has 0 aromatic carbocycles. The van der Waals surface area contributed by atoms with Crippen LogP contribution in [0.25, 0.3) is 11.0 Å². The number of fused-ring (bicyclic) bond motifs is 2. The van der Waals surface area contributed by atoms with Crippen LogP contribution in [0, 0.1) is 6.92 Å². The summed E-state index contributed by atoms with van der Waals surface area (Å²) in [6.07, 6.45) is 6.27. The molecule has 0 saturated heterocycles. The Balaban J connectivity index is 1.60. The number of thiophene rings is 1. The van der Waals surface area contributed by atoms with Crippen molar-refractivity contribution in [3.05, 3.63) is 39.5 Å². The number of rotatable bonds is 7. The summed E-state index contributed by atoms with van der Waals surface area (Å²) in [5.74, 6) is -0.410. The van der Waals surface area contributed by atoms with Gasteiger partial charge < -0.3 is 15.4 Å². The number of carbonyl (C=O) groups is 2. The average molecular weight is 442 g/mol. The SMILES string of the molecule is COCCCNC(=O)c1c(NC(=O)c2cnc3c(c2)c(C)nn3C)sc2c1CCCC2. The molecule has 3 aromatic heterocycles. The molecule has 164 valence electrons. The number of aryl methyl sites for hydroxylation is 3. The van der Waals surface area contributed by atoms with E-state index in [-0.39, 0.29) is 11.8 Å². The van der Waals surface area contributed by atoms with Gasteiger partial charge in [0.25, 0.3) is 11.8 Å². The second kappa shape index (κ2) is 9.15. The van der Waals surface area contributed by atoms with E-state index in [1.54, 1.807) is 24.1 Å². The Morgan fingerprint density at radius 1 is 1.26 bits per heavy atom. The molecule has 0 atom stereocenters. The van der Waals surface area contributed by atoms with Gasteiger partial charge in [0.15, 0.2) is 5.65 Å². The van der Waals surface area contributed by atoms with Crippen molar-refractivity contribution >= 4 is 39.2 Å². The molecule has 1 aliphatic carbocycles. The number of nitrogens with one attached hydrogen (secondary N) is 2. The second-order valence-electron chi connectivity index (χ2n) is 7.78. The minimum absolute atomic E-state index is 0.137. The van der Waals surface area contributed by atoms with Gasteiger partial charge >= 0.3 is 0 Å². The summed E-state index contributed by atoms with van der Waals surface area (Å²) < 4.78 is 6.75. The van der Waals surface area contributed by atoms with Crippen LogP contribution in [-0.2, 0) is 24.6 Å². The number of aromatic nitrogens is 3. The third kappa shape index (κ3) is 4.33. The van der Waals surface area contributed by atoms with Crippen LogP contribution < -0.4 is 10.6 Å². The standard InChI is InChI=1S/C22H27N5O3S/c1-13-16-11-14(12-24-19(16)27(2)26-13)20(28)25-22-18(21(29)23-9-6-10-30-3)15-7-4-5-8-17(15)31-22/h11-12H,4-10H2,1-3H3,(H,23,29)(H,25,28). The van der Waals surface area contributed by atoms with Gasteiger partial charge in [0, 0.05) is 43.8 Å². The molecule has 0 saturated carbocycles. The van der Waals surface area contributed by atoms with E-state index in [0.29, 0.717) is 29.3 Å². The lowest BCUT2D eigenvalue weighted by Gasteiger charge is -2.13. The number of anilines is 1. The summed E-state index contributed by atoms with van der Waals surface area (Å²) in [4.78, 5) is 31.6. The van der Waals surface area contributed by atoms with E-state index in [1.807, 2.05) is 14.0 Å². The number of ether oxygens (including phenoxy) is 1. The summed E-state index contributed by atoms with van der Waals surface area (Å²) in [5, 5.41) is 11.8. The minimum atomic E-state index is -0.273. The van der Waals surface area contributed by atoms with E-state index < -0.39 is 0 Å². The van der Waals surface area contributed by atoms with Crippen LogP contribution in [0.4, 0.5) is 5.00 Å². The van der Waals surface area contributed by atoms with E-state index >= 15 is 0 Å². The first-order valence-electron chi connectivity index (χ1n) is 10.5. The van der Waals surface area contributed by atoms with Gasteiger partial charge in [-0.3, -0.25) is 14.3 Å². The van der Waals surface area contributed by atoms with Gasteiger partial charge in [-0.2, -0.15) is 5.10 Å². The molecule has 0 spiro atoms. The Bertz CT molecular complexity index is 1130. The van der Waals surface area contributed by atoms with E-state index in [1.165, 1.54) is 16.2 Å². The second-order valence-corrected chi connectivity index (χ2v) is 8.88. The van der Waals surface area contributed by atoms with Crippen LogP contribution in [0.3, 0.4) is 0 Å². The lowest BCUT2D eigenvalue weighted by molar-refractivity contribution is 0.0948. The van der Waals surface area contributed by atoms with Crippen molar-refractivity contribution in [3.8, 4) is 0 Å². The molecule has 1 aliphatic rings. The topological polar surface area (TPSA) is 98.1 Å². The lowest BCUT2D eigenvalue weighted by Crippen LogP contribution is -2.27. The Hall–Kier alpha value is -2.78. The van der Waals surface area contributed by atoms with Crippen LogP contribution in [-0.4, -0.2) is 46.8 Å². The normalized spacial score (nSPS) is 13.3. The van der Waals surface area contributed by atoms with Crippen molar-refractivity contribution in [3.63, 3.8) is 0 Å². The van der Waals surface area contributed by atoms with Crippen molar-refractivity contribution in [2.45, 2.75) is 39.0 Å². The number of carbonyl (C=O) groups excluding carboxylic acids is 2. The van der Waals surface area contributed by atoms with Crippen molar-refractivity contribution in [2.75, 3.05) is 25.6 Å². The monoisotopic (exact) mass is 441 g/mol. The number of amides is 2. The fourth-order valence-electron chi connectivity index (χ4n) is 4.01. The van der Waals surface area contributed by atoms with Crippen LogP contribution >= 0.6 is 11.3 Å². The summed E-state index contributed by atoms with van der Waals surface area (Å²) in [7, 11) is 3.47. The van der Waals surface area contributed by atoms with Gasteiger partial charge in [-0.1, -0.05) is 0 Å². The minimum Gasteiger partial charge on any atom is -0.385 e. The zero-order valence-electron chi connectivity index (χ0n) is 18.1. The highest BCUT2D eigenvalue weighted by Crippen LogP contribution is 2.38. The van der Waals surface area contributed by atoms with Crippen molar-refractivity contribution in [2.24, 2.45) is 7.05 Å². The third-order valence-electron chi connectivity index (χ3n) is 5.56. The predicted molar refractivity (Wildman–Crippen MR) is 121 cm³/mol. The Morgan fingerprint density at radius 3 is 2.87 bits per heavy atom. The van der Waals surface area contributed by atoms with Gasteiger partial charge in [0.1, 0.15) is 5.00 Å². The van der Waals surface area contributed by atoms with Gasteiger partial charge in [0.2, 0.25) is 0 Å². The van der Waals surface area contributed by atoms with Crippen molar-refractivity contribution < 1.29 is 14.3 Å². The Morgan fingerprint density at radius 2 is 2.06 bits per heavy atom. The maximum absolute atomic E-state index is 13.0. The number of pyridine rings is 1. The largest absolute Gasteiger partial charge is 0.385 e. The molecule has 0 aliphatic heterocycles. The fourth-order valence-corrected chi connectivity index (χ4v) is 5.29. The van der Waals surface area contributed by atoms with Gasteiger partial charge in [-0.15, -0.1) is 11.3 Å². The van der Waals surface area contributed by atoms with Crippen molar-refractivity contribution in [1.82, 2.24) is 20.1 Å². The summed E-state index contributed by atoms with van der Waals surface area (Å²) in [5.41, 5.74) is 3.69. The molecule has 9 heteroatoms. The quantitative estimate of drug-likeness (QED) is 0.549. The predicted octanol–water partition coefficient (Wildman–Crippen LogP) is 3.24. The molecule has 31 heavy (non-hydrogen) atoms. The highest BCUT2D eigenvalue weighted by atomic mass is 32.1. The molecule has 4 rings (SSSR count). The van der Waals surface area contributed by atoms with E-state index in [9.17, 15) is 9.59 Å². The van der Waals surface area contributed by atoms with E-state index in [0.717, 1.165) is 54.4 Å². The Labute approximate surface area is 185 Å². The third-order valence-corrected chi connectivity index (χ3v) is 6.77. The molecule has 3 aromatic rings. The zero-order valence-corrected chi connectivity index (χ0v) is 18.9. The lowest BCUT2D eigenvalue weighted by atomic mass is 9.95. The van der Waals surface area contributed by atoms with Crippen LogP contribution in [0.15, 0.2) is 12.3 Å². The molecule has 2 N–H and O–H groups in total. The summed E-state index contributed by atoms with van der Waals surface area (Å²) >= 11 is 1.51. The number of nitrogens with zero attached hydrogens (tertiary/aromatic N) is 3. The average Bonchev–Trinajstić information content (AvgIpc) is 3.27. The smallest absolute Gasteiger partial charge is 0.257 e. The molecule has 0 fully saturated rings. The van der Waals surface area contributed by atoms with E-state index in [4.69, 9.17) is 4.74 Å². The van der Waals surface area contributed by atoms with Crippen LogP contribution in [0.2, 0.25) is 0 Å². The van der Waals surface area contributed by atoms with Crippen LogP contribution in [0.1, 0.15) is 56.1 Å². The molecule has 0 radical (unpaired) electrons. The fraction of sp³-hybridized carbons (Fsp3) is 0.455. The summed E-state index contributed by atoms with van der Waals surface area (Å²) in [6, 6.07) is 1.80. The van der Waals surface area contributed by atoms with Crippen LogP contribution in [0.5, 0.6) is 0 Å². The van der Waals surface area contributed by atoms with Gasteiger partial charge in [-0.05, 0) is 50.7 Å². The first kappa shape index (κ1) is 21.5. The van der Waals surface area contributed by atoms with Gasteiger partial charge in [0.05, 0.1) is 16.8 Å². The number of hydrogen-bond donors (Lipinski definition) is 2. The number of methoxy groups -OCH3 is 1. The zero-order chi connectivity index (χ0) is 22.0. The highest BCUT2D eigenvalue weighted by molar-refractivity contribution is 7.17. The summed E-state index contributed by atoms with van der Waals surface area (Å²) in [6.45, 7) is 3.02.